The van der Waals surface area contributed by atoms with Crippen molar-refractivity contribution in [2.45, 2.75) is 25.7 Å². The molecule has 0 unspecified atom stereocenters. The number of aliphatic imine (C=N–C) groups is 1. The number of sulfonamides is 1. The van der Waals surface area contributed by atoms with Crippen molar-refractivity contribution in [2.75, 3.05) is 32.1 Å². The Bertz CT molecular complexity index is 868. The molecule has 0 atom stereocenters. The first-order valence-corrected chi connectivity index (χ1v) is 10.2. The molecule has 0 aliphatic heterocycles. The standard InChI is InChI=1S/C20H27N3O2S/c1-6-23(7-2)26(24,25)20-14-16(3)8-13-19(20)21-15-17-9-11-18(12-10-17)22(4)5/h8-15H,6-7H2,1-5H3. The molecular formula is C20H27N3O2S. The summed E-state index contributed by atoms with van der Waals surface area (Å²) in [4.78, 5) is 6.74. The maximum Gasteiger partial charge on any atom is 0.245 e. The Morgan fingerprint density at radius 2 is 1.62 bits per heavy atom. The third-order valence-electron chi connectivity index (χ3n) is 4.20. The van der Waals surface area contributed by atoms with Gasteiger partial charge in [0.05, 0.1) is 5.69 Å². The number of aryl methyl sites for hydroxylation is 1. The second kappa shape index (κ2) is 8.47. The van der Waals surface area contributed by atoms with Gasteiger partial charge in [-0.2, -0.15) is 4.31 Å². The molecular weight excluding hydrogens is 346 g/mol. The van der Waals surface area contributed by atoms with Crippen LogP contribution in [0.4, 0.5) is 11.4 Å². The van der Waals surface area contributed by atoms with Gasteiger partial charge in [-0.15, -0.1) is 0 Å². The zero-order valence-corrected chi connectivity index (χ0v) is 16.9. The molecule has 2 aromatic rings. The van der Waals surface area contributed by atoms with Crippen molar-refractivity contribution in [3.63, 3.8) is 0 Å². The van der Waals surface area contributed by atoms with Gasteiger partial charge in [-0.3, -0.25) is 4.99 Å². The molecule has 26 heavy (non-hydrogen) atoms. The Morgan fingerprint density at radius 1 is 1.00 bits per heavy atom. The summed E-state index contributed by atoms with van der Waals surface area (Å²) in [6.45, 7) is 6.43. The van der Waals surface area contributed by atoms with E-state index < -0.39 is 10.0 Å². The Balaban J connectivity index is 2.41. The van der Waals surface area contributed by atoms with Crippen molar-refractivity contribution in [1.82, 2.24) is 4.31 Å². The van der Waals surface area contributed by atoms with Crippen LogP contribution in [0.25, 0.3) is 0 Å². The molecule has 0 saturated carbocycles. The molecule has 2 aromatic carbocycles. The fourth-order valence-electron chi connectivity index (χ4n) is 2.64. The van der Waals surface area contributed by atoms with Crippen LogP contribution in [0.2, 0.25) is 0 Å². The third kappa shape index (κ3) is 4.51. The Kier molecular flexibility index (Phi) is 6.56. The fraction of sp³-hybridized carbons (Fsp3) is 0.350. The van der Waals surface area contributed by atoms with Crippen molar-refractivity contribution in [1.29, 1.82) is 0 Å². The molecule has 0 saturated heterocycles. The lowest BCUT2D eigenvalue weighted by Gasteiger charge is -2.19. The minimum Gasteiger partial charge on any atom is -0.378 e. The number of hydrogen-bond donors (Lipinski definition) is 0. The van der Waals surface area contributed by atoms with E-state index in [0.29, 0.717) is 18.8 Å². The van der Waals surface area contributed by atoms with Gasteiger partial charge in [0, 0.05) is 39.1 Å². The molecule has 5 nitrogen and oxygen atoms in total. The van der Waals surface area contributed by atoms with Gasteiger partial charge in [-0.1, -0.05) is 32.0 Å². The predicted octanol–water partition coefficient (Wildman–Crippen LogP) is 3.84. The van der Waals surface area contributed by atoms with E-state index in [1.54, 1.807) is 18.3 Å². The summed E-state index contributed by atoms with van der Waals surface area (Å²) >= 11 is 0. The second-order valence-corrected chi connectivity index (χ2v) is 8.21. The molecule has 2 rings (SSSR count). The highest BCUT2D eigenvalue weighted by Gasteiger charge is 2.24. The molecule has 6 heteroatoms. The predicted molar refractivity (Wildman–Crippen MR) is 109 cm³/mol. The summed E-state index contributed by atoms with van der Waals surface area (Å²) in [5.41, 5.74) is 3.37. The highest BCUT2D eigenvalue weighted by atomic mass is 32.2. The van der Waals surface area contributed by atoms with Crippen LogP contribution in [0, 0.1) is 6.92 Å². The number of hydrogen-bond acceptors (Lipinski definition) is 4. The van der Waals surface area contributed by atoms with Gasteiger partial charge >= 0.3 is 0 Å². The fourth-order valence-corrected chi connectivity index (χ4v) is 4.32. The maximum absolute atomic E-state index is 12.9. The first kappa shape index (κ1) is 20.1. The summed E-state index contributed by atoms with van der Waals surface area (Å²) in [6.07, 6.45) is 1.70. The van der Waals surface area contributed by atoms with Crippen molar-refractivity contribution in [3.05, 3.63) is 53.6 Å². The molecule has 0 aliphatic rings. The summed E-state index contributed by atoms with van der Waals surface area (Å²) in [5, 5.41) is 0. The molecule has 0 N–H and O–H groups in total. The van der Waals surface area contributed by atoms with Crippen molar-refractivity contribution in [2.24, 2.45) is 4.99 Å². The molecule has 140 valence electrons. The highest BCUT2D eigenvalue weighted by molar-refractivity contribution is 7.89. The van der Waals surface area contributed by atoms with E-state index in [0.717, 1.165) is 16.8 Å². The average molecular weight is 374 g/mol. The van der Waals surface area contributed by atoms with Gasteiger partial charge < -0.3 is 4.90 Å². The highest BCUT2D eigenvalue weighted by Crippen LogP contribution is 2.28. The Labute approximate surface area is 157 Å². The molecule has 0 radical (unpaired) electrons. The topological polar surface area (TPSA) is 53.0 Å². The number of nitrogens with zero attached hydrogens (tertiary/aromatic N) is 3. The number of rotatable bonds is 7. The van der Waals surface area contributed by atoms with Gasteiger partial charge in [0.2, 0.25) is 10.0 Å². The molecule has 0 amide bonds. The monoisotopic (exact) mass is 373 g/mol. The summed E-state index contributed by atoms with van der Waals surface area (Å²) in [7, 11) is 0.408. The Morgan fingerprint density at radius 3 is 2.15 bits per heavy atom. The molecule has 0 spiro atoms. The van der Waals surface area contributed by atoms with Crippen LogP contribution < -0.4 is 4.90 Å². The van der Waals surface area contributed by atoms with Crippen LogP contribution in [0.1, 0.15) is 25.0 Å². The van der Waals surface area contributed by atoms with Crippen LogP contribution in [0.3, 0.4) is 0 Å². The van der Waals surface area contributed by atoms with Crippen molar-refractivity contribution >= 4 is 27.6 Å². The van der Waals surface area contributed by atoms with Crippen LogP contribution >= 0.6 is 0 Å². The summed E-state index contributed by atoms with van der Waals surface area (Å²) < 4.78 is 27.3. The normalized spacial score (nSPS) is 12.1. The zero-order valence-electron chi connectivity index (χ0n) is 16.1. The van der Waals surface area contributed by atoms with E-state index in [2.05, 4.69) is 4.99 Å². The van der Waals surface area contributed by atoms with E-state index in [1.165, 1.54) is 4.31 Å². The van der Waals surface area contributed by atoms with Crippen molar-refractivity contribution in [3.8, 4) is 0 Å². The molecule has 0 aliphatic carbocycles. The first-order chi connectivity index (χ1) is 12.3. The molecule has 0 bridgehead atoms. The van der Waals surface area contributed by atoms with Gasteiger partial charge in [-0.05, 0) is 42.3 Å². The largest absolute Gasteiger partial charge is 0.378 e. The van der Waals surface area contributed by atoms with Crippen LogP contribution in [-0.2, 0) is 10.0 Å². The molecule has 0 heterocycles. The SMILES string of the molecule is CCN(CC)S(=O)(=O)c1cc(C)ccc1N=Cc1ccc(N(C)C)cc1. The van der Waals surface area contributed by atoms with Gasteiger partial charge in [0.15, 0.2) is 0 Å². The number of anilines is 1. The third-order valence-corrected chi connectivity index (χ3v) is 6.28. The molecule has 0 aromatic heterocycles. The van der Waals surface area contributed by atoms with Crippen molar-refractivity contribution < 1.29 is 8.42 Å². The van der Waals surface area contributed by atoms with E-state index in [1.807, 2.05) is 70.1 Å². The van der Waals surface area contributed by atoms with E-state index >= 15 is 0 Å². The van der Waals surface area contributed by atoms with Gasteiger partial charge in [0.25, 0.3) is 0 Å². The summed E-state index contributed by atoms with van der Waals surface area (Å²) in [6, 6.07) is 13.3. The average Bonchev–Trinajstić information content (AvgIpc) is 2.61. The van der Waals surface area contributed by atoms with Crippen LogP contribution in [0.15, 0.2) is 52.4 Å². The maximum atomic E-state index is 12.9. The van der Waals surface area contributed by atoms with Gasteiger partial charge in [-0.25, -0.2) is 8.42 Å². The molecule has 0 fully saturated rings. The zero-order chi connectivity index (χ0) is 19.3. The van der Waals surface area contributed by atoms with Crippen LogP contribution in [-0.4, -0.2) is 46.1 Å². The first-order valence-electron chi connectivity index (χ1n) is 8.71. The van der Waals surface area contributed by atoms with Crippen LogP contribution in [0.5, 0.6) is 0 Å². The smallest absolute Gasteiger partial charge is 0.245 e. The quantitative estimate of drug-likeness (QED) is 0.693. The lowest BCUT2D eigenvalue weighted by atomic mass is 10.2. The van der Waals surface area contributed by atoms with E-state index in [-0.39, 0.29) is 4.90 Å². The summed E-state index contributed by atoms with van der Waals surface area (Å²) in [5.74, 6) is 0. The second-order valence-electron chi connectivity index (χ2n) is 6.30. The van der Waals surface area contributed by atoms with E-state index in [9.17, 15) is 8.42 Å². The Hall–Kier alpha value is -2.18. The minimum atomic E-state index is -3.56. The minimum absolute atomic E-state index is 0.252. The number of benzene rings is 2. The lowest BCUT2D eigenvalue weighted by Crippen LogP contribution is -2.30. The lowest BCUT2D eigenvalue weighted by molar-refractivity contribution is 0.445. The van der Waals surface area contributed by atoms with E-state index in [4.69, 9.17) is 0 Å². The van der Waals surface area contributed by atoms with Gasteiger partial charge in [0.1, 0.15) is 4.90 Å².